The van der Waals surface area contributed by atoms with Gasteiger partial charge in [0.25, 0.3) is 0 Å². The number of rotatable bonds is 7. The highest BCUT2D eigenvalue weighted by molar-refractivity contribution is 5.76. The van der Waals surface area contributed by atoms with Gasteiger partial charge in [0, 0.05) is 13.0 Å². The van der Waals surface area contributed by atoms with Crippen LogP contribution in [0.5, 0.6) is 0 Å². The Hall–Kier alpha value is -2.27. The zero-order valence-electron chi connectivity index (χ0n) is 13.5. The van der Waals surface area contributed by atoms with Gasteiger partial charge in [0.05, 0.1) is 5.56 Å². The van der Waals surface area contributed by atoms with Crippen LogP contribution in [-0.2, 0) is 4.79 Å². The molecule has 3 nitrogen and oxygen atoms in total. The van der Waals surface area contributed by atoms with Crippen molar-refractivity contribution in [2.75, 3.05) is 6.54 Å². The highest BCUT2D eigenvalue weighted by atomic mass is 19.1. The molecule has 0 heterocycles. The normalized spacial score (nSPS) is 13.3. The molecular weight excluding hydrogens is 312 g/mol. The maximum atomic E-state index is 13.6. The van der Waals surface area contributed by atoms with Crippen LogP contribution in [0.25, 0.3) is 0 Å². The van der Waals surface area contributed by atoms with Crippen LogP contribution in [0.4, 0.5) is 8.78 Å². The summed E-state index contributed by atoms with van der Waals surface area (Å²) in [5.41, 5.74) is 0.642. The topological polar surface area (TPSA) is 49.3 Å². The SMILES string of the molecule is CCC(CC(=O)NCC(O)c1c(F)cccc1F)c1ccccc1. The first-order chi connectivity index (χ1) is 11.5. The van der Waals surface area contributed by atoms with Crippen molar-refractivity contribution in [1.29, 1.82) is 0 Å². The molecule has 0 aromatic heterocycles. The van der Waals surface area contributed by atoms with Crippen molar-refractivity contribution >= 4 is 5.91 Å². The van der Waals surface area contributed by atoms with E-state index < -0.39 is 23.3 Å². The summed E-state index contributed by atoms with van der Waals surface area (Å²) in [6.45, 7) is 1.76. The molecule has 0 saturated heterocycles. The van der Waals surface area contributed by atoms with Crippen molar-refractivity contribution in [1.82, 2.24) is 5.32 Å². The molecule has 2 aromatic carbocycles. The first kappa shape index (κ1) is 18.1. The average Bonchev–Trinajstić information content (AvgIpc) is 2.58. The van der Waals surface area contributed by atoms with Gasteiger partial charge in [0.15, 0.2) is 0 Å². The molecule has 0 aliphatic heterocycles. The molecule has 1 amide bonds. The number of benzene rings is 2. The van der Waals surface area contributed by atoms with E-state index in [0.29, 0.717) is 0 Å². The number of aliphatic hydroxyl groups excluding tert-OH is 1. The second-order valence-corrected chi connectivity index (χ2v) is 5.68. The number of halogens is 2. The molecule has 0 spiro atoms. The van der Waals surface area contributed by atoms with Gasteiger partial charge >= 0.3 is 0 Å². The third-order valence-corrected chi connectivity index (χ3v) is 4.02. The fourth-order valence-corrected chi connectivity index (χ4v) is 2.66. The molecule has 0 aliphatic rings. The van der Waals surface area contributed by atoms with Crippen molar-refractivity contribution in [3.8, 4) is 0 Å². The molecule has 128 valence electrons. The number of carbonyl (C=O) groups excluding carboxylic acids is 1. The van der Waals surface area contributed by atoms with Gasteiger partial charge in [0.2, 0.25) is 5.91 Å². The second kappa shape index (κ2) is 8.55. The van der Waals surface area contributed by atoms with Gasteiger partial charge in [-0.2, -0.15) is 0 Å². The summed E-state index contributed by atoms with van der Waals surface area (Å²) in [5.74, 6) is -1.85. The minimum absolute atomic E-state index is 0.0635. The van der Waals surface area contributed by atoms with Gasteiger partial charge in [-0.15, -0.1) is 0 Å². The fourth-order valence-electron chi connectivity index (χ4n) is 2.66. The van der Waals surface area contributed by atoms with Crippen LogP contribution < -0.4 is 5.32 Å². The highest BCUT2D eigenvalue weighted by Crippen LogP contribution is 2.23. The monoisotopic (exact) mass is 333 g/mol. The minimum Gasteiger partial charge on any atom is -0.386 e. The lowest BCUT2D eigenvalue weighted by Gasteiger charge is -2.17. The summed E-state index contributed by atoms with van der Waals surface area (Å²) in [7, 11) is 0. The van der Waals surface area contributed by atoms with E-state index in [1.54, 1.807) is 0 Å². The van der Waals surface area contributed by atoms with E-state index in [1.807, 2.05) is 37.3 Å². The standard InChI is InChI=1S/C19H21F2NO2/c1-2-13(14-7-4-3-5-8-14)11-18(24)22-12-17(23)19-15(20)9-6-10-16(19)21/h3-10,13,17,23H,2,11-12H2,1H3,(H,22,24). The van der Waals surface area contributed by atoms with Gasteiger partial charge in [-0.25, -0.2) is 8.78 Å². The van der Waals surface area contributed by atoms with Gasteiger partial charge < -0.3 is 10.4 Å². The molecule has 0 fully saturated rings. The third-order valence-electron chi connectivity index (χ3n) is 4.02. The summed E-state index contributed by atoms with van der Waals surface area (Å²) in [4.78, 5) is 12.1. The number of carbonyl (C=O) groups is 1. The molecule has 5 heteroatoms. The summed E-state index contributed by atoms with van der Waals surface area (Å²) in [6.07, 6.45) is -0.374. The molecule has 0 bridgehead atoms. The highest BCUT2D eigenvalue weighted by Gasteiger charge is 2.19. The van der Waals surface area contributed by atoms with E-state index in [2.05, 4.69) is 5.32 Å². The summed E-state index contributed by atoms with van der Waals surface area (Å²) in [5, 5.41) is 12.5. The number of amides is 1. The Morgan fingerprint density at radius 2 is 1.71 bits per heavy atom. The Morgan fingerprint density at radius 1 is 1.08 bits per heavy atom. The molecule has 2 unspecified atom stereocenters. The van der Waals surface area contributed by atoms with Crippen molar-refractivity contribution in [3.05, 3.63) is 71.3 Å². The molecule has 0 saturated carbocycles. The Kier molecular flexibility index (Phi) is 6.44. The summed E-state index contributed by atoms with van der Waals surface area (Å²) >= 11 is 0. The van der Waals surface area contributed by atoms with Crippen LogP contribution in [-0.4, -0.2) is 17.6 Å². The van der Waals surface area contributed by atoms with Gasteiger partial charge in [-0.1, -0.05) is 43.3 Å². The molecule has 2 atom stereocenters. The van der Waals surface area contributed by atoms with E-state index in [4.69, 9.17) is 0 Å². The maximum Gasteiger partial charge on any atom is 0.220 e. The largest absolute Gasteiger partial charge is 0.386 e. The predicted octanol–water partition coefficient (Wildman–Crippen LogP) is 3.70. The molecule has 2 N–H and O–H groups in total. The molecular formula is C19H21F2NO2. The number of hydrogen-bond acceptors (Lipinski definition) is 2. The third kappa shape index (κ3) is 4.61. The van der Waals surface area contributed by atoms with Crippen molar-refractivity contribution in [3.63, 3.8) is 0 Å². The molecule has 24 heavy (non-hydrogen) atoms. The minimum atomic E-state index is -1.42. The lowest BCUT2D eigenvalue weighted by atomic mass is 9.93. The second-order valence-electron chi connectivity index (χ2n) is 5.68. The summed E-state index contributed by atoms with van der Waals surface area (Å²) < 4.78 is 27.2. The number of nitrogens with one attached hydrogen (secondary N) is 1. The zero-order valence-corrected chi connectivity index (χ0v) is 13.5. The Balaban J connectivity index is 1.93. The lowest BCUT2D eigenvalue weighted by Crippen LogP contribution is -2.30. The molecule has 0 radical (unpaired) electrons. The van der Waals surface area contributed by atoms with Crippen molar-refractivity contribution in [2.24, 2.45) is 0 Å². The predicted molar refractivity (Wildman–Crippen MR) is 88.4 cm³/mol. The summed E-state index contributed by atoms with van der Waals surface area (Å²) in [6, 6.07) is 13.1. The zero-order chi connectivity index (χ0) is 17.5. The Bertz CT molecular complexity index is 656. The van der Waals surface area contributed by atoms with Crippen LogP contribution in [0, 0.1) is 11.6 Å². The van der Waals surface area contributed by atoms with E-state index in [0.717, 1.165) is 24.1 Å². The number of aliphatic hydroxyl groups is 1. The van der Waals surface area contributed by atoms with E-state index in [1.165, 1.54) is 6.07 Å². The van der Waals surface area contributed by atoms with Crippen LogP contribution in [0.15, 0.2) is 48.5 Å². The first-order valence-electron chi connectivity index (χ1n) is 7.96. The fraction of sp³-hybridized carbons (Fsp3) is 0.316. The van der Waals surface area contributed by atoms with Gasteiger partial charge in [0.1, 0.15) is 17.7 Å². The van der Waals surface area contributed by atoms with Crippen molar-refractivity contribution < 1.29 is 18.7 Å². The van der Waals surface area contributed by atoms with E-state index in [9.17, 15) is 18.7 Å². The lowest BCUT2D eigenvalue weighted by molar-refractivity contribution is -0.122. The van der Waals surface area contributed by atoms with Crippen LogP contribution in [0.2, 0.25) is 0 Å². The van der Waals surface area contributed by atoms with Gasteiger partial charge in [-0.3, -0.25) is 4.79 Å². The van der Waals surface area contributed by atoms with Crippen LogP contribution in [0.1, 0.15) is 42.9 Å². The van der Waals surface area contributed by atoms with Crippen LogP contribution in [0.3, 0.4) is 0 Å². The van der Waals surface area contributed by atoms with Crippen molar-refractivity contribution in [2.45, 2.75) is 31.8 Å². The first-order valence-corrected chi connectivity index (χ1v) is 7.96. The van der Waals surface area contributed by atoms with E-state index in [-0.39, 0.29) is 24.8 Å². The van der Waals surface area contributed by atoms with Crippen LogP contribution >= 0.6 is 0 Å². The Labute approximate surface area is 140 Å². The molecule has 2 aromatic rings. The average molecular weight is 333 g/mol. The quantitative estimate of drug-likeness (QED) is 0.812. The molecule has 0 aliphatic carbocycles. The maximum absolute atomic E-state index is 13.6. The molecule has 2 rings (SSSR count). The van der Waals surface area contributed by atoms with Gasteiger partial charge in [-0.05, 0) is 30.0 Å². The smallest absolute Gasteiger partial charge is 0.220 e. The van der Waals surface area contributed by atoms with E-state index >= 15 is 0 Å². The number of hydrogen-bond donors (Lipinski definition) is 2. The Morgan fingerprint density at radius 3 is 2.29 bits per heavy atom.